The molecular formula is C13H22O. The largest absolute Gasteiger partial charge is 0.300 e. The van der Waals surface area contributed by atoms with Gasteiger partial charge in [0.25, 0.3) is 0 Å². The van der Waals surface area contributed by atoms with Crippen LogP contribution in [0.1, 0.15) is 52.4 Å². The topological polar surface area (TPSA) is 17.1 Å². The molecule has 0 amide bonds. The van der Waals surface area contributed by atoms with Gasteiger partial charge in [0.15, 0.2) is 0 Å². The molecule has 0 aromatic carbocycles. The van der Waals surface area contributed by atoms with Crippen LogP contribution < -0.4 is 0 Å². The van der Waals surface area contributed by atoms with E-state index in [1.165, 1.54) is 6.42 Å². The summed E-state index contributed by atoms with van der Waals surface area (Å²) in [6, 6.07) is 0. The Morgan fingerprint density at radius 1 is 1.00 bits per heavy atom. The van der Waals surface area contributed by atoms with Crippen LogP contribution in [-0.4, -0.2) is 5.78 Å². The average Bonchev–Trinajstić information content (AvgIpc) is 2.18. The first-order valence-corrected chi connectivity index (χ1v) is 5.59. The standard InChI is InChI=1S/C13H22O/c1-3-5-7-8-10-12-13(14)11-9-6-4-2/h4,6-8H,3,5,9-12H2,1-2H3. The van der Waals surface area contributed by atoms with E-state index in [2.05, 4.69) is 19.1 Å². The van der Waals surface area contributed by atoms with Crippen molar-refractivity contribution >= 4 is 5.78 Å². The maximum absolute atomic E-state index is 11.3. The summed E-state index contributed by atoms with van der Waals surface area (Å²) in [6.45, 7) is 4.14. The molecule has 0 aliphatic heterocycles. The van der Waals surface area contributed by atoms with Crippen molar-refractivity contribution in [2.24, 2.45) is 0 Å². The molecule has 0 fully saturated rings. The van der Waals surface area contributed by atoms with Crippen LogP contribution in [0.4, 0.5) is 0 Å². The van der Waals surface area contributed by atoms with Gasteiger partial charge in [0.1, 0.15) is 5.78 Å². The Labute approximate surface area is 87.9 Å². The van der Waals surface area contributed by atoms with Crippen molar-refractivity contribution in [1.82, 2.24) is 0 Å². The van der Waals surface area contributed by atoms with Gasteiger partial charge >= 0.3 is 0 Å². The number of allylic oxidation sites excluding steroid dienone is 4. The molecule has 0 unspecified atom stereocenters. The molecule has 0 aliphatic carbocycles. The smallest absolute Gasteiger partial charge is 0.133 e. The van der Waals surface area contributed by atoms with Gasteiger partial charge in [-0.25, -0.2) is 0 Å². The highest BCUT2D eigenvalue weighted by molar-refractivity contribution is 5.78. The van der Waals surface area contributed by atoms with Gasteiger partial charge in [-0.3, -0.25) is 4.79 Å². The minimum Gasteiger partial charge on any atom is -0.300 e. The first-order chi connectivity index (χ1) is 6.81. The summed E-state index contributed by atoms with van der Waals surface area (Å²) >= 11 is 0. The fourth-order valence-corrected chi connectivity index (χ4v) is 1.18. The molecule has 14 heavy (non-hydrogen) atoms. The lowest BCUT2D eigenvalue weighted by Crippen LogP contribution is -1.95. The Morgan fingerprint density at radius 3 is 2.14 bits per heavy atom. The second-order valence-electron chi connectivity index (χ2n) is 3.45. The van der Waals surface area contributed by atoms with E-state index in [-0.39, 0.29) is 0 Å². The molecule has 1 heteroatoms. The number of unbranched alkanes of at least 4 members (excludes halogenated alkanes) is 1. The van der Waals surface area contributed by atoms with Crippen LogP contribution in [0.2, 0.25) is 0 Å². The normalized spacial score (nSPS) is 11.6. The molecule has 0 N–H and O–H groups in total. The highest BCUT2D eigenvalue weighted by Crippen LogP contribution is 2.01. The Hall–Kier alpha value is -0.850. The zero-order valence-electron chi connectivity index (χ0n) is 9.46. The number of carbonyl (C=O) groups is 1. The third-order valence-electron chi connectivity index (χ3n) is 2.04. The first-order valence-electron chi connectivity index (χ1n) is 5.59. The van der Waals surface area contributed by atoms with Crippen LogP contribution in [0.15, 0.2) is 24.3 Å². The van der Waals surface area contributed by atoms with Gasteiger partial charge in [0.2, 0.25) is 0 Å². The van der Waals surface area contributed by atoms with E-state index >= 15 is 0 Å². The number of rotatable bonds is 8. The molecule has 0 radical (unpaired) electrons. The molecule has 0 bridgehead atoms. The summed E-state index contributed by atoms with van der Waals surface area (Å²) in [5.41, 5.74) is 0. The third kappa shape index (κ3) is 9.24. The lowest BCUT2D eigenvalue weighted by Gasteiger charge is -1.94. The molecule has 1 nitrogen and oxygen atoms in total. The summed E-state index contributed by atoms with van der Waals surface area (Å²) in [6.07, 6.45) is 13.9. The molecule has 0 aliphatic rings. The highest BCUT2D eigenvalue weighted by Gasteiger charge is 1.97. The predicted octanol–water partition coefficient (Wildman–Crippen LogP) is 4.05. The maximum atomic E-state index is 11.3. The van der Waals surface area contributed by atoms with Gasteiger partial charge in [-0.15, -0.1) is 0 Å². The van der Waals surface area contributed by atoms with Crippen LogP contribution in [0.25, 0.3) is 0 Å². The van der Waals surface area contributed by atoms with Crippen molar-refractivity contribution in [1.29, 1.82) is 0 Å². The summed E-state index contributed by atoms with van der Waals surface area (Å²) in [5, 5.41) is 0. The molecule has 0 spiro atoms. The van der Waals surface area contributed by atoms with Gasteiger partial charge in [-0.1, -0.05) is 37.6 Å². The minimum absolute atomic E-state index is 0.379. The molecule has 0 rings (SSSR count). The van der Waals surface area contributed by atoms with Crippen LogP contribution in [0.3, 0.4) is 0 Å². The van der Waals surface area contributed by atoms with Crippen molar-refractivity contribution in [3.63, 3.8) is 0 Å². The monoisotopic (exact) mass is 194 g/mol. The van der Waals surface area contributed by atoms with E-state index < -0.39 is 0 Å². The van der Waals surface area contributed by atoms with E-state index in [0.29, 0.717) is 18.6 Å². The van der Waals surface area contributed by atoms with Crippen molar-refractivity contribution < 1.29 is 4.79 Å². The average molecular weight is 194 g/mol. The molecule has 0 aromatic heterocycles. The van der Waals surface area contributed by atoms with Crippen molar-refractivity contribution in [2.45, 2.75) is 52.4 Å². The number of hydrogen-bond acceptors (Lipinski definition) is 1. The number of carbonyl (C=O) groups excluding carboxylic acids is 1. The SMILES string of the molecule is CC=CCCC(=O)CCC=CCCC. The number of ketones is 1. The minimum atomic E-state index is 0.379. The van der Waals surface area contributed by atoms with Gasteiger partial charge in [-0.05, 0) is 26.2 Å². The summed E-state index contributed by atoms with van der Waals surface area (Å²) in [5.74, 6) is 0.379. The van der Waals surface area contributed by atoms with E-state index in [9.17, 15) is 4.79 Å². The fourth-order valence-electron chi connectivity index (χ4n) is 1.18. The lowest BCUT2D eigenvalue weighted by atomic mass is 10.1. The van der Waals surface area contributed by atoms with Crippen molar-refractivity contribution in [3.8, 4) is 0 Å². The third-order valence-corrected chi connectivity index (χ3v) is 2.04. The van der Waals surface area contributed by atoms with Crippen LogP contribution in [0, 0.1) is 0 Å². The lowest BCUT2D eigenvalue weighted by molar-refractivity contribution is -0.118. The molecule has 0 aromatic rings. The van der Waals surface area contributed by atoms with E-state index in [0.717, 1.165) is 19.3 Å². The second-order valence-corrected chi connectivity index (χ2v) is 3.45. The van der Waals surface area contributed by atoms with Crippen LogP contribution in [-0.2, 0) is 4.79 Å². The van der Waals surface area contributed by atoms with E-state index in [4.69, 9.17) is 0 Å². The van der Waals surface area contributed by atoms with Gasteiger partial charge < -0.3 is 0 Å². The highest BCUT2D eigenvalue weighted by atomic mass is 16.1. The fraction of sp³-hybridized carbons (Fsp3) is 0.615. The second kappa shape index (κ2) is 10.2. The van der Waals surface area contributed by atoms with E-state index in [1.54, 1.807) is 0 Å². The van der Waals surface area contributed by atoms with Gasteiger partial charge in [0, 0.05) is 12.8 Å². The summed E-state index contributed by atoms with van der Waals surface area (Å²) < 4.78 is 0. The Bertz CT molecular complexity index is 189. The Kier molecular flexibility index (Phi) is 9.61. The molecule has 0 atom stereocenters. The molecule has 0 heterocycles. The molecule has 0 saturated heterocycles. The summed E-state index contributed by atoms with van der Waals surface area (Å²) in [4.78, 5) is 11.3. The Morgan fingerprint density at radius 2 is 1.57 bits per heavy atom. The molecule has 80 valence electrons. The first kappa shape index (κ1) is 13.2. The zero-order chi connectivity index (χ0) is 10.6. The summed E-state index contributed by atoms with van der Waals surface area (Å²) in [7, 11) is 0. The molecular weight excluding hydrogens is 172 g/mol. The van der Waals surface area contributed by atoms with Gasteiger partial charge in [0.05, 0.1) is 0 Å². The van der Waals surface area contributed by atoms with Gasteiger partial charge in [-0.2, -0.15) is 0 Å². The Balaban J connectivity index is 3.35. The molecule has 0 saturated carbocycles. The van der Waals surface area contributed by atoms with Crippen molar-refractivity contribution in [3.05, 3.63) is 24.3 Å². The van der Waals surface area contributed by atoms with Crippen LogP contribution >= 0.6 is 0 Å². The number of Topliss-reactive ketones (excluding diaryl/α,β-unsaturated/α-hetero) is 1. The van der Waals surface area contributed by atoms with E-state index in [1.807, 2.05) is 19.1 Å². The zero-order valence-corrected chi connectivity index (χ0v) is 9.46. The quantitative estimate of drug-likeness (QED) is 0.533. The predicted molar refractivity (Wildman–Crippen MR) is 62.3 cm³/mol. The number of hydrogen-bond donors (Lipinski definition) is 0. The maximum Gasteiger partial charge on any atom is 0.133 e. The van der Waals surface area contributed by atoms with Crippen LogP contribution in [0.5, 0.6) is 0 Å². The van der Waals surface area contributed by atoms with Crippen molar-refractivity contribution in [2.75, 3.05) is 0 Å².